The van der Waals surface area contributed by atoms with Crippen LogP contribution in [0.25, 0.3) is 0 Å². The van der Waals surface area contributed by atoms with Crippen molar-refractivity contribution in [3.63, 3.8) is 0 Å². The van der Waals surface area contributed by atoms with Crippen LogP contribution < -0.4 is 11.5 Å². The molecule has 0 aromatic carbocycles. The highest BCUT2D eigenvalue weighted by Crippen LogP contribution is 1.72. The largest absolute Gasteiger partial charge is 0.402 e. The Balaban J connectivity index is 3.68. The maximum absolute atomic E-state index is 9.99. The van der Waals surface area contributed by atoms with Crippen LogP contribution in [0, 0.1) is 0 Å². The zero-order chi connectivity index (χ0) is 5.86. The molecule has 0 unspecified atom stereocenters. The number of carbonyl (C=O) groups is 1. The topological polar surface area (TPSA) is 70.7 Å². The fourth-order valence-electron chi connectivity index (χ4n) is 0.254. The molecule has 5 N–H and O–H groups in total. The molecule has 0 aliphatic rings. The SMILES string of the molecule is C/C(N)=C/C([NH3+])=O. The maximum Gasteiger partial charge on any atom is 0.335 e. The number of hydrogen-bond donors (Lipinski definition) is 2. The van der Waals surface area contributed by atoms with E-state index in [1.807, 2.05) is 0 Å². The van der Waals surface area contributed by atoms with Gasteiger partial charge in [-0.3, -0.25) is 5.73 Å². The van der Waals surface area contributed by atoms with E-state index in [1.165, 1.54) is 6.08 Å². The smallest absolute Gasteiger partial charge is 0.335 e. The van der Waals surface area contributed by atoms with Gasteiger partial charge in [-0.25, -0.2) is 4.79 Å². The second-order valence-corrected chi connectivity index (χ2v) is 1.35. The Morgan fingerprint density at radius 2 is 2.29 bits per heavy atom. The third kappa shape index (κ3) is 5.17. The first-order valence-electron chi connectivity index (χ1n) is 1.92. The lowest BCUT2D eigenvalue weighted by molar-refractivity contribution is -0.297. The van der Waals surface area contributed by atoms with Crippen molar-refractivity contribution < 1.29 is 10.5 Å². The zero-order valence-electron chi connectivity index (χ0n) is 4.27. The maximum atomic E-state index is 9.99. The average molecular weight is 101 g/mol. The van der Waals surface area contributed by atoms with Gasteiger partial charge in [0.1, 0.15) is 0 Å². The fourth-order valence-corrected chi connectivity index (χ4v) is 0.254. The van der Waals surface area contributed by atoms with Crippen LogP contribution in [0.4, 0.5) is 0 Å². The second kappa shape index (κ2) is 2.36. The molecule has 0 fully saturated rings. The van der Waals surface area contributed by atoms with E-state index < -0.39 is 0 Å². The average Bonchev–Trinajstić information content (AvgIpc) is 1.27. The normalized spacial score (nSPS) is 11.4. The van der Waals surface area contributed by atoms with Gasteiger partial charge in [-0.05, 0) is 6.92 Å². The summed E-state index contributed by atoms with van der Waals surface area (Å²) in [6.07, 6.45) is 1.28. The summed E-state index contributed by atoms with van der Waals surface area (Å²) < 4.78 is 0. The summed E-state index contributed by atoms with van der Waals surface area (Å²) in [6, 6.07) is 0. The van der Waals surface area contributed by atoms with Crippen LogP contribution in [0.2, 0.25) is 0 Å². The molecule has 0 bridgehead atoms. The van der Waals surface area contributed by atoms with E-state index in [2.05, 4.69) is 5.73 Å². The molecule has 0 saturated heterocycles. The molecule has 0 heterocycles. The number of quaternary nitrogens is 1. The number of allylic oxidation sites excluding steroid dienone is 1. The summed E-state index contributed by atoms with van der Waals surface area (Å²) in [7, 11) is 0. The van der Waals surface area contributed by atoms with Crippen LogP contribution in [0.3, 0.4) is 0 Å². The van der Waals surface area contributed by atoms with Crippen molar-refractivity contribution in [1.29, 1.82) is 0 Å². The quantitative estimate of drug-likeness (QED) is 0.399. The minimum Gasteiger partial charge on any atom is -0.402 e. The van der Waals surface area contributed by atoms with Crippen LogP contribution in [-0.4, -0.2) is 5.91 Å². The summed E-state index contributed by atoms with van der Waals surface area (Å²) in [5, 5.41) is 0. The summed E-state index contributed by atoms with van der Waals surface area (Å²) >= 11 is 0. The van der Waals surface area contributed by atoms with E-state index in [4.69, 9.17) is 5.73 Å². The number of amides is 1. The lowest BCUT2D eigenvalue weighted by Crippen LogP contribution is -2.55. The molecule has 3 nitrogen and oxygen atoms in total. The Labute approximate surface area is 42.0 Å². The highest BCUT2D eigenvalue weighted by molar-refractivity contribution is 5.78. The van der Waals surface area contributed by atoms with E-state index in [0.717, 1.165) is 0 Å². The van der Waals surface area contributed by atoms with Crippen LogP contribution in [0.5, 0.6) is 0 Å². The van der Waals surface area contributed by atoms with E-state index in [0.29, 0.717) is 5.70 Å². The van der Waals surface area contributed by atoms with Gasteiger partial charge >= 0.3 is 5.91 Å². The third-order valence-corrected chi connectivity index (χ3v) is 0.389. The van der Waals surface area contributed by atoms with Gasteiger partial charge in [0.05, 0.1) is 6.08 Å². The van der Waals surface area contributed by atoms with Crippen molar-refractivity contribution in [2.45, 2.75) is 6.92 Å². The van der Waals surface area contributed by atoms with Gasteiger partial charge in [-0.1, -0.05) is 0 Å². The standard InChI is InChI=1S/C4H8N2O/c1-3(5)2-4(6)7/h2H,5H2,1H3,(H2,6,7)/p+1/b3-2-. The van der Waals surface area contributed by atoms with Gasteiger partial charge in [-0.15, -0.1) is 0 Å². The highest BCUT2D eigenvalue weighted by atomic mass is 16.1. The lowest BCUT2D eigenvalue weighted by atomic mass is 10.4. The molecule has 0 spiro atoms. The first-order valence-corrected chi connectivity index (χ1v) is 1.92. The molecule has 0 rings (SSSR count). The van der Waals surface area contributed by atoms with E-state index >= 15 is 0 Å². The lowest BCUT2D eigenvalue weighted by Gasteiger charge is -1.79. The molecule has 0 atom stereocenters. The minimum atomic E-state index is -0.250. The Bertz CT molecular complexity index is 102. The Morgan fingerprint density at radius 1 is 1.86 bits per heavy atom. The van der Waals surface area contributed by atoms with Crippen molar-refractivity contribution in [3.8, 4) is 0 Å². The van der Waals surface area contributed by atoms with Crippen LogP contribution in [0.15, 0.2) is 11.8 Å². The van der Waals surface area contributed by atoms with Crippen molar-refractivity contribution in [2.75, 3.05) is 0 Å². The van der Waals surface area contributed by atoms with E-state index in [-0.39, 0.29) is 5.91 Å². The number of nitrogens with two attached hydrogens (primary N) is 1. The zero-order valence-corrected chi connectivity index (χ0v) is 4.27. The molecule has 3 heteroatoms. The predicted octanol–water partition coefficient (Wildman–Crippen LogP) is -1.38. The monoisotopic (exact) mass is 101 g/mol. The molecule has 0 aliphatic heterocycles. The van der Waals surface area contributed by atoms with Crippen LogP contribution >= 0.6 is 0 Å². The molecule has 1 amide bonds. The van der Waals surface area contributed by atoms with Crippen molar-refractivity contribution in [3.05, 3.63) is 11.8 Å². The first kappa shape index (κ1) is 6.17. The molecule has 0 radical (unpaired) electrons. The summed E-state index contributed by atoms with van der Waals surface area (Å²) in [4.78, 5) is 9.99. The van der Waals surface area contributed by atoms with Crippen molar-refractivity contribution in [2.24, 2.45) is 5.73 Å². The Hall–Kier alpha value is -0.830. The van der Waals surface area contributed by atoms with Gasteiger partial charge < -0.3 is 5.73 Å². The second-order valence-electron chi connectivity index (χ2n) is 1.35. The van der Waals surface area contributed by atoms with Gasteiger partial charge in [0, 0.05) is 5.70 Å². The summed E-state index contributed by atoms with van der Waals surface area (Å²) in [5.41, 5.74) is 8.68. The van der Waals surface area contributed by atoms with Gasteiger partial charge in [-0.2, -0.15) is 0 Å². The summed E-state index contributed by atoms with van der Waals surface area (Å²) in [5.74, 6) is -0.250. The van der Waals surface area contributed by atoms with Gasteiger partial charge in [0.25, 0.3) is 0 Å². The van der Waals surface area contributed by atoms with E-state index in [9.17, 15) is 4.79 Å². The molecular weight excluding hydrogens is 92.1 g/mol. The Kier molecular flexibility index (Phi) is 2.08. The first-order chi connectivity index (χ1) is 3.13. The molecule has 0 saturated carbocycles. The molecule has 0 aromatic heterocycles. The third-order valence-electron chi connectivity index (χ3n) is 0.389. The number of hydrogen-bond acceptors (Lipinski definition) is 2. The fraction of sp³-hybridized carbons (Fsp3) is 0.250. The van der Waals surface area contributed by atoms with Gasteiger partial charge in [0.2, 0.25) is 0 Å². The molecule has 40 valence electrons. The molecule has 7 heavy (non-hydrogen) atoms. The molecule has 0 aromatic rings. The molecular formula is C4H9N2O+. The van der Waals surface area contributed by atoms with E-state index in [1.54, 1.807) is 6.92 Å². The minimum absolute atomic E-state index is 0.250. The Morgan fingerprint density at radius 3 is 2.29 bits per heavy atom. The number of rotatable bonds is 1. The van der Waals surface area contributed by atoms with Gasteiger partial charge in [0.15, 0.2) is 0 Å². The highest BCUT2D eigenvalue weighted by Gasteiger charge is 1.86. The van der Waals surface area contributed by atoms with Crippen LogP contribution in [-0.2, 0) is 4.79 Å². The van der Waals surface area contributed by atoms with Crippen molar-refractivity contribution >= 4 is 5.91 Å². The number of carbonyl (C=O) groups excluding carboxylic acids is 1. The van der Waals surface area contributed by atoms with Crippen molar-refractivity contribution in [1.82, 2.24) is 0 Å². The summed E-state index contributed by atoms with van der Waals surface area (Å²) in [6.45, 7) is 1.64. The predicted molar refractivity (Wildman–Crippen MR) is 25.8 cm³/mol. The van der Waals surface area contributed by atoms with Crippen LogP contribution in [0.1, 0.15) is 6.92 Å². The molecule has 0 aliphatic carbocycles.